The van der Waals surface area contributed by atoms with Gasteiger partial charge in [0.15, 0.2) is 0 Å². The van der Waals surface area contributed by atoms with Crippen molar-refractivity contribution in [3.63, 3.8) is 0 Å². The Morgan fingerprint density at radius 3 is 1.69 bits per heavy atom. The van der Waals surface area contributed by atoms with Crippen LogP contribution < -0.4 is 10.6 Å². The zero-order valence-corrected chi connectivity index (χ0v) is 14.5. The Morgan fingerprint density at radius 1 is 0.846 bits per heavy atom. The van der Waals surface area contributed by atoms with E-state index in [-0.39, 0.29) is 0 Å². The molecule has 2 rings (SSSR count). The summed E-state index contributed by atoms with van der Waals surface area (Å²) in [5.41, 5.74) is 0.431. The topological polar surface area (TPSA) is 41.1 Å². The summed E-state index contributed by atoms with van der Waals surface area (Å²) in [7, 11) is 0. The number of benzene rings is 2. The van der Waals surface area contributed by atoms with E-state index in [0.29, 0.717) is 11.6 Å². The van der Waals surface area contributed by atoms with Gasteiger partial charge in [0.25, 0.3) is 0 Å². The molecule has 2 atom stereocenters. The van der Waals surface area contributed by atoms with Crippen molar-refractivity contribution in [1.29, 1.82) is 0 Å². The molecule has 0 aliphatic carbocycles. The van der Waals surface area contributed by atoms with Gasteiger partial charge in [-0.15, -0.1) is 0 Å². The average molecular weight is 362 g/mol. The van der Waals surface area contributed by atoms with Crippen molar-refractivity contribution < 1.29 is 18.0 Å². The molecular weight excluding hydrogens is 341 g/mol. The van der Waals surface area contributed by atoms with Crippen LogP contribution >= 0.6 is 0 Å². The fourth-order valence-corrected chi connectivity index (χ4v) is 2.47. The number of allylic oxidation sites excluding steroid dienone is 1. The second-order valence-electron chi connectivity index (χ2n) is 5.97. The Morgan fingerprint density at radius 2 is 1.27 bits per heavy atom. The molecule has 0 fully saturated rings. The Balaban J connectivity index is 2.11. The molecule has 0 aliphatic rings. The standard InChI is InChI=1S/C20H21F3N2O/c1-14(16-9-5-3-6-10-16)24-18(20(21,22)23)13-19(26)25-15(2)17-11-7-4-8-12-17/h3-15,24H,1-2H3,(H,25,26)/b18-13-/t14?,15-/m0/s1. The van der Waals surface area contributed by atoms with Crippen LogP contribution in [0.3, 0.4) is 0 Å². The molecule has 0 aliphatic heterocycles. The number of halogens is 3. The number of nitrogens with one attached hydrogen (secondary N) is 2. The largest absolute Gasteiger partial charge is 0.431 e. The third-order valence-corrected chi connectivity index (χ3v) is 3.91. The predicted octanol–water partition coefficient (Wildman–Crippen LogP) is 4.66. The van der Waals surface area contributed by atoms with Gasteiger partial charge in [-0.1, -0.05) is 60.7 Å². The highest BCUT2D eigenvalue weighted by molar-refractivity contribution is 5.88. The smallest absolute Gasteiger partial charge is 0.374 e. The van der Waals surface area contributed by atoms with Crippen LogP contribution in [0, 0.1) is 0 Å². The van der Waals surface area contributed by atoms with Crippen molar-refractivity contribution in [3.8, 4) is 0 Å². The molecule has 6 heteroatoms. The molecule has 2 N–H and O–H groups in total. The SMILES string of the molecule is CC(N/C(=C\C(=O)N[C@@H](C)c1ccccc1)C(F)(F)F)c1ccccc1. The third-order valence-electron chi connectivity index (χ3n) is 3.91. The Labute approximate surface area is 150 Å². The van der Waals surface area contributed by atoms with Gasteiger partial charge in [-0.3, -0.25) is 4.79 Å². The normalized spacial score (nSPS) is 14.4. The Kier molecular flexibility index (Phi) is 6.44. The summed E-state index contributed by atoms with van der Waals surface area (Å²) in [6.07, 6.45) is -4.09. The highest BCUT2D eigenvalue weighted by Gasteiger charge is 2.35. The van der Waals surface area contributed by atoms with Crippen LogP contribution in [0.15, 0.2) is 72.4 Å². The van der Waals surface area contributed by atoms with E-state index in [2.05, 4.69) is 10.6 Å². The van der Waals surface area contributed by atoms with Crippen LogP contribution in [0.2, 0.25) is 0 Å². The lowest BCUT2D eigenvalue weighted by Gasteiger charge is -2.21. The first-order chi connectivity index (χ1) is 12.3. The molecule has 1 amide bonds. The minimum absolute atomic E-state index is 0.402. The summed E-state index contributed by atoms with van der Waals surface area (Å²) >= 11 is 0. The van der Waals surface area contributed by atoms with E-state index in [0.717, 1.165) is 5.56 Å². The summed E-state index contributed by atoms with van der Waals surface area (Å²) in [6.45, 7) is 3.33. The van der Waals surface area contributed by atoms with Crippen LogP contribution in [-0.2, 0) is 4.79 Å². The fraction of sp³-hybridized carbons (Fsp3) is 0.250. The van der Waals surface area contributed by atoms with Gasteiger partial charge >= 0.3 is 6.18 Å². The molecule has 0 bridgehead atoms. The second-order valence-corrected chi connectivity index (χ2v) is 5.97. The molecule has 1 unspecified atom stereocenters. The van der Waals surface area contributed by atoms with Crippen LogP contribution in [0.5, 0.6) is 0 Å². The van der Waals surface area contributed by atoms with E-state index in [9.17, 15) is 18.0 Å². The molecule has 138 valence electrons. The molecule has 0 heterocycles. The van der Waals surface area contributed by atoms with Gasteiger partial charge < -0.3 is 10.6 Å². The lowest BCUT2D eigenvalue weighted by atomic mass is 10.1. The molecule has 2 aromatic rings. The second kappa shape index (κ2) is 8.56. The quantitative estimate of drug-likeness (QED) is 0.734. The average Bonchev–Trinajstić information content (AvgIpc) is 2.61. The molecule has 0 saturated heterocycles. The van der Waals surface area contributed by atoms with Gasteiger partial charge in [0.05, 0.1) is 6.04 Å². The number of rotatable bonds is 6. The van der Waals surface area contributed by atoms with Crippen molar-refractivity contribution in [2.24, 2.45) is 0 Å². The summed E-state index contributed by atoms with van der Waals surface area (Å²) in [4.78, 5) is 12.1. The van der Waals surface area contributed by atoms with Crippen molar-refractivity contribution in [1.82, 2.24) is 10.6 Å². The van der Waals surface area contributed by atoms with Gasteiger partial charge in [0.2, 0.25) is 5.91 Å². The zero-order valence-electron chi connectivity index (χ0n) is 14.5. The molecule has 26 heavy (non-hydrogen) atoms. The summed E-state index contributed by atoms with van der Waals surface area (Å²) < 4.78 is 39.9. The third kappa shape index (κ3) is 5.65. The number of amides is 1. The predicted molar refractivity (Wildman–Crippen MR) is 95.1 cm³/mol. The lowest BCUT2D eigenvalue weighted by molar-refractivity contribution is -0.119. The van der Waals surface area contributed by atoms with Crippen molar-refractivity contribution in [2.45, 2.75) is 32.1 Å². The van der Waals surface area contributed by atoms with E-state index in [4.69, 9.17) is 0 Å². The lowest BCUT2D eigenvalue weighted by Crippen LogP contribution is -2.32. The monoisotopic (exact) mass is 362 g/mol. The van der Waals surface area contributed by atoms with E-state index in [1.165, 1.54) is 0 Å². The highest BCUT2D eigenvalue weighted by Crippen LogP contribution is 2.26. The van der Waals surface area contributed by atoms with E-state index in [1.807, 2.05) is 6.07 Å². The van der Waals surface area contributed by atoms with Crippen molar-refractivity contribution in [2.75, 3.05) is 0 Å². The molecule has 0 radical (unpaired) electrons. The number of carbonyl (C=O) groups excluding carboxylic acids is 1. The van der Waals surface area contributed by atoms with Crippen molar-refractivity contribution >= 4 is 5.91 Å². The molecule has 0 saturated carbocycles. The molecule has 0 spiro atoms. The number of alkyl halides is 3. The van der Waals surface area contributed by atoms with Crippen LogP contribution in [0.25, 0.3) is 0 Å². The van der Waals surface area contributed by atoms with Crippen LogP contribution in [0.4, 0.5) is 13.2 Å². The first-order valence-electron chi connectivity index (χ1n) is 8.23. The van der Waals surface area contributed by atoms with Gasteiger partial charge in [-0.2, -0.15) is 13.2 Å². The number of carbonyl (C=O) groups is 1. The Hall–Kier alpha value is -2.76. The van der Waals surface area contributed by atoms with Gasteiger partial charge in [0, 0.05) is 12.1 Å². The summed E-state index contributed by atoms with van der Waals surface area (Å²) in [5.74, 6) is -0.804. The minimum Gasteiger partial charge on any atom is -0.374 e. The van der Waals surface area contributed by atoms with Crippen LogP contribution in [0.1, 0.15) is 37.1 Å². The van der Waals surface area contributed by atoms with E-state index < -0.39 is 29.9 Å². The first kappa shape index (κ1) is 19.6. The zero-order chi connectivity index (χ0) is 19.2. The molecular formula is C20H21F3N2O. The minimum atomic E-state index is -4.66. The van der Waals surface area contributed by atoms with E-state index >= 15 is 0 Å². The van der Waals surface area contributed by atoms with E-state index in [1.54, 1.807) is 68.4 Å². The number of hydrogen-bond donors (Lipinski definition) is 2. The summed E-state index contributed by atoms with van der Waals surface area (Å²) in [5, 5.41) is 4.95. The van der Waals surface area contributed by atoms with Gasteiger partial charge in [0.1, 0.15) is 5.70 Å². The summed E-state index contributed by atoms with van der Waals surface area (Å²) in [6, 6.07) is 16.8. The van der Waals surface area contributed by atoms with Crippen LogP contribution in [-0.4, -0.2) is 12.1 Å². The first-order valence-corrected chi connectivity index (χ1v) is 8.23. The molecule has 3 nitrogen and oxygen atoms in total. The molecule has 0 aromatic heterocycles. The van der Waals surface area contributed by atoms with Gasteiger partial charge in [-0.05, 0) is 25.0 Å². The number of hydrogen-bond acceptors (Lipinski definition) is 2. The molecule has 2 aromatic carbocycles. The van der Waals surface area contributed by atoms with Gasteiger partial charge in [-0.25, -0.2) is 0 Å². The maximum atomic E-state index is 13.3. The maximum Gasteiger partial charge on any atom is 0.431 e. The highest BCUT2D eigenvalue weighted by atomic mass is 19.4. The fourth-order valence-electron chi connectivity index (χ4n) is 2.47. The Bertz CT molecular complexity index is 743. The van der Waals surface area contributed by atoms with Crippen molar-refractivity contribution in [3.05, 3.63) is 83.6 Å². The maximum absolute atomic E-state index is 13.3.